The van der Waals surface area contributed by atoms with E-state index in [0.717, 1.165) is 0 Å². The monoisotopic (exact) mass is 1680 g/mol. The molecule has 0 radical (unpaired) electrons. The van der Waals surface area contributed by atoms with Crippen molar-refractivity contribution in [3.05, 3.63) is 179 Å². The van der Waals surface area contributed by atoms with Crippen LogP contribution in [0.4, 0.5) is 24.0 Å². The molecule has 610 valence electrons. The zero-order valence-corrected chi connectivity index (χ0v) is 61.6. The molecule has 17 atom stereocenters. The van der Waals surface area contributed by atoms with Crippen molar-refractivity contribution in [1.29, 1.82) is 0 Å². The van der Waals surface area contributed by atoms with Gasteiger partial charge in [-0.3, -0.25) is 25.1 Å². The van der Waals surface area contributed by atoms with Crippen LogP contribution in [0.1, 0.15) is 40.7 Å². The Bertz CT molecular complexity index is 4700. The normalized spacial score (nSPS) is 26.5. The molecular formula is C61H65N5O39S6-6. The van der Waals surface area contributed by atoms with E-state index >= 15 is 0 Å². The van der Waals surface area contributed by atoms with Crippen molar-refractivity contribution in [2.24, 2.45) is 0 Å². The van der Waals surface area contributed by atoms with Gasteiger partial charge in [-0.2, -0.15) is 0 Å². The summed E-state index contributed by atoms with van der Waals surface area (Å²) in [6.07, 6.45) is -43.5. The fourth-order valence-electron chi connectivity index (χ4n) is 11.9. The van der Waals surface area contributed by atoms with Crippen LogP contribution in [-0.2, 0) is 168 Å². The number of carbonyl (C=O) groups is 5. The van der Waals surface area contributed by atoms with Crippen LogP contribution in [-0.4, -0.2) is 231 Å². The number of alkyl carbamates (subject to hydrolysis) is 4. The number of hydrogen-bond donors (Lipinski definition) is 4. The maximum Gasteiger partial charge on any atom is 0.410 e. The van der Waals surface area contributed by atoms with Crippen molar-refractivity contribution < 1.29 is 174 Å². The highest BCUT2D eigenvalue weighted by Crippen LogP contribution is 2.42. The molecule has 0 spiro atoms. The Balaban J connectivity index is 1.18. The molecule has 1 saturated carbocycles. The first-order valence-electron chi connectivity index (χ1n) is 32.1. The molecule has 1 aliphatic carbocycles. The summed E-state index contributed by atoms with van der Waals surface area (Å²) in [5, 5.41) is 8.65. The predicted octanol–water partition coefficient (Wildman–Crippen LogP) is -0.122. The van der Waals surface area contributed by atoms with Crippen molar-refractivity contribution in [1.82, 2.24) is 26.2 Å². The second kappa shape index (κ2) is 37.9. The summed E-state index contributed by atoms with van der Waals surface area (Å²) in [7, 11) is -37.0. The quantitative estimate of drug-likeness (QED) is 0.0248. The Morgan fingerprint density at radius 1 is 0.378 bits per heavy atom. The van der Waals surface area contributed by atoms with Gasteiger partial charge in [-0.15, -0.1) is 0 Å². The lowest BCUT2D eigenvalue weighted by molar-refractivity contribution is -0.375. The van der Waals surface area contributed by atoms with E-state index in [2.05, 4.69) is 28.5 Å². The molecule has 5 aromatic rings. The van der Waals surface area contributed by atoms with E-state index in [4.69, 9.17) is 59.9 Å². The molecule has 50 heteroatoms. The molecule has 3 heterocycles. The highest BCUT2D eigenvalue weighted by atomic mass is 32.3. The highest BCUT2D eigenvalue weighted by Gasteiger charge is 2.61. The Morgan fingerprint density at radius 2 is 0.739 bits per heavy atom. The summed E-state index contributed by atoms with van der Waals surface area (Å²) in [6.45, 7) is -4.75. The van der Waals surface area contributed by atoms with Crippen LogP contribution in [0.2, 0.25) is 0 Å². The summed E-state index contributed by atoms with van der Waals surface area (Å²) < 4.78 is 317. The largest absolute Gasteiger partial charge is 0.726 e. The third-order valence-corrected chi connectivity index (χ3v) is 19.1. The van der Waals surface area contributed by atoms with Crippen molar-refractivity contribution in [2.75, 3.05) is 13.7 Å². The van der Waals surface area contributed by atoms with Crippen molar-refractivity contribution in [3.8, 4) is 0 Å². The fraction of sp³-hybridized carbons (Fsp3) is 0.426. The minimum Gasteiger partial charge on any atom is -0.726 e. The number of fused-ring (bicyclic) bond motifs is 1. The number of hydrogen-bond acceptors (Lipinski definition) is 39. The SMILES string of the molecule is CN(C(=O)OCc1ccccc1)C1C(O[C@@H]2OC(COS(=O)(=O)[O-])C(NC(=O)OCc3ccccc3)[C@H](OS(=O)(=O)[O-])[C@H]2OS(=O)(=O)[O-])OC2C[C@@H](NC(=O)OCc3ccccc3)[C@@H](OC3C(NC(=O)OCc4ccccc4)C[C@@H](NC(=O)OCc4ccccc4)[C@H](OS(=O)(=O)[O-])[C@H]3OS(=O)(=O)[O-])OC2C1OS(=O)(=O)[O-]. The average Bonchev–Trinajstić information content (AvgIpc) is 0.746. The summed E-state index contributed by atoms with van der Waals surface area (Å²) in [5.41, 5.74) is 1.48. The lowest BCUT2D eigenvalue weighted by Gasteiger charge is -2.54. The Kier molecular flexibility index (Phi) is 29.5. The minimum atomic E-state index is -6.43. The van der Waals surface area contributed by atoms with E-state index in [1.165, 1.54) is 109 Å². The third-order valence-electron chi connectivity index (χ3n) is 16.4. The van der Waals surface area contributed by atoms with Gasteiger partial charge in [0, 0.05) is 13.5 Å². The second-order valence-electron chi connectivity index (χ2n) is 24.1. The maximum atomic E-state index is 14.6. The lowest BCUT2D eigenvalue weighted by atomic mass is 9.83. The molecule has 5 aromatic carbocycles. The predicted molar refractivity (Wildman–Crippen MR) is 352 cm³/mol. The van der Waals surface area contributed by atoms with Gasteiger partial charge in [0.25, 0.3) is 0 Å². The van der Waals surface area contributed by atoms with Crippen molar-refractivity contribution in [2.45, 2.75) is 150 Å². The number of carbonyl (C=O) groups excluding carboxylic acids is 5. The molecule has 3 saturated heterocycles. The molecular weight excluding hydrogens is 1620 g/mol. The molecule has 0 bridgehead atoms. The van der Waals surface area contributed by atoms with E-state index < -0.39 is 249 Å². The summed E-state index contributed by atoms with van der Waals surface area (Å²) in [5.74, 6) is 0. The molecule has 9 rings (SSSR count). The number of ether oxygens (including phenoxy) is 10. The topological polar surface area (TPSA) is 628 Å². The average molecular weight is 1680 g/mol. The van der Waals surface area contributed by atoms with Gasteiger partial charge in [0.15, 0.2) is 25.0 Å². The summed E-state index contributed by atoms with van der Waals surface area (Å²) in [4.78, 5) is 70.4. The van der Waals surface area contributed by atoms with Gasteiger partial charge in [0.2, 0.25) is 62.4 Å². The van der Waals surface area contributed by atoms with Crippen LogP contribution in [0.5, 0.6) is 0 Å². The zero-order chi connectivity index (χ0) is 80.6. The minimum absolute atomic E-state index is 0.227. The maximum absolute atomic E-state index is 14.6. The molecule has 0 aromatic heterocycles. The Morgan fingerprint density at radius 3 is 1.15 bits per heavy atom. The molecule has 9 unspecified atom stereocenters. The molecule has 4 fully saturated rings. The number of benzene rings is 5. The van der Waals surface area contributed by atoms with E-state index in [1.807, 2.05) is 5.32 Å². The van der Waals surface area contributed by atoms with Gasteiger partial charge >= 0.3 is 30.5 Å². The lowest BCUT2D eigenvalue weighted by Crippen LogP contribution is -2.72. The molecule has 5 amide bonds. The molecule has 4 aliphatic rings. The van der Waals surface area contributed by atoms with Crippen LogP contribution in [0.3, 0.4) is 0 Å². The van der Waals surface area contributed by atoms with Gasteiger partial charge in [0.05, 0.1) is 36.9 Å². The number of likely N-dealkylation sites (N-methyl/N-ethyl adjacent to an activating group) is 1. The van der Waals surface area contributed by atoms with Gasteiger partial charge in [-0.1, -0.05) is 152 Å². The second-order valence-corrected chi connectivity index (χ2v) is 30.2. The van der Waals surface area contributed by atoms with E-state index in [-0.39, 0.29) is 11.1 Å². The third kappa shape index (κ3) is 27.4. The Hall–Kier alpha value is -8.53. The van der Waals surface area contributed by atoms with E-state index in [0.29, 0.717) is 28.6 Å². The van der Waals surface area contributed by atoms with E-state index in [1.54, 1.807) is 42.5 Å². The first-order chi connectivity index (χ1) is 52.2. The van der Waals surface area contributed by atoms with Crippen LogP contribution in [0, 0.1) is 0 Å². The molecule has 4 N–H and O–H groups in total. The first kappa shape index (κ1) is 86.5. The smallest absolute Gasteiger partial charge is 0.410 e. The zero-order valence-electron chi connectivity index (χ0n) is 56.7. The number of amides is 5. The fourth-order valence-corrected chi connectivity index (χ4v) is 14.6. The highest BCUT2D eigenvalue weighted by molar-refractivity contribution is 7.82. The molecule has 3 aliphatic heterocycles. The van der Waals surface area contributed by atoms with Crippen molar-refractivity contribution in [3.63, 3.8) is 0 Å². The van der Waals surface area contributed by atoms with Crippen LogP contribution >= 0.6 is 0 Å². The van der Waals surface area contributed by atoms with Crippen LogP contribution in [0.25, 0.3) is 0 Å². The Labute approximate surface area is 633 Å². The molecule has 111 heavy (non-hydrogen) atoms. The van der Waals surface area contributed by atoms with Gasteiger partial charge in [-0.05, 0) is 34.2 Å². The van der Waals surface area contributed by atoms with Gasteiger partial charge in [0.1, 0.15) is 81.8 Å². The number of nitrogens with zero attached hydrogens (tertiary/aromatic N) is 1. The van der Waals surface area contributed by atoms with Crippen LogP contribution in [0.15, 0.2) is 152 Å². The number of rotatable bonds is 32. The summed E-state index contributed by atoms with van der Waals surface area (Å²) in [6, 6.07) is 25.9. The van der Waals surface area contributed by atoms with Gasteiger partial charge in [-0.25, -0.2) is 74.5 Å². The number of nitrogens with one attached hydrogen (secondary N) is 4. The standard InChI is InChI=1S/C61H71N5O39S6/c1-66(61(71)94-33-39-25-15-6-16-26-39)46-51(103-109(81,82)83)49-43(96-55(46)100-56-53(105-111(87,88)89)50(102-108(78,79)80)45(44(97-56)34-95-106(72,73)74)65-60(70)93-32-38-23-13-5-14-24-38)28-42(64-59(69)92-31-37-21-11-4-12-22-37)54(99-49)98-47-40(62-57(67)90-29-35-17-7-2-8-18-35)27-41(63-58(68)91-30-36-19-9-3-10-20-36)48(101-107(75,76)77)52(47)104-110(84,85)86/h2-26,40-56H,27-34H2,1H3,(H,62,67)(H,63,68)(H,64,69)(H,65,70)(H,72,73,74)(H,75,76,77)(H,78,79,80)(H,81,82,83)(H,84,85,86)(H,87,88,89)/p-6/t40?,41-,42-,43?,44?,45?,46?,47?,48+,49?,50+,51?,52+,53-,54+,55?,56+/m1/s1. The van der Waals surface area contributed by atoms with Crippen LogP contribution < -0.4 is 21.3 Å². The summed E-state index contributed by atoms with van der Waals surface area (Å²) >= 11 is 0. The van der Waals surface area contributed by atoms with Crippen molar-refractivity contribution >= 4 is 92.9 Å². The first-order valence-corrected chi connectivity index (χ1v) is 40.1. The molecule has 44 nitrogen and oxygen atoms in total. The van der Waals surface area contributed by atoms with E-state index in [9.17, 15) is 102 Å². The van der Waals surface area contributed by atoms with Gasteiger partial charge < -0.3 is 101 Å².